The smallest absolute Gasteiger partial charge is 0.171 e. The van der Waals surface area contributed by atoms with Gasteiger partial charge in [-0.2, -0.15) is 11.8 Å². The van der Waals surface area contributed by atoms with Crippen LogP contribution in [0, 0.1) is 11.6 Å². The van der Waals surface area contributed by atoms with Crippen LogP contribution in [-0.2, 0) is 9.84 Å². The molecule has 0 saturated carbocycles. The van der Waals surface area contributed by atoms with E-state index in [2.05, 4.69) is 10.3 Å². The third kappa shape index (κ3) is 3.23. The zero-order valence-electron chi connectivity index (χ0n) is 11.8. The highest BCUT2D eigenvalue weighted by atomic mass is 32.2. The Morgan fingerprint density at radius 3 is 2.81 bits per heavy atom. The van der Waals surface area contributed by atoms with E-state index in [1.807, 2.05) is 0 Å². The zero-order chi connectivity index (χ0) is 15.6. The van der Waals surface area contributed by atoms with Crippen LogP contribution in [-0.4, -0.2) is 49.6 Å². The van der Waals surface area contributed by atoms with Gasteiger partial charge in [-0.1, -0.05) is 6.92 Å². The van der Waals surface area contributed by atoms with Crippen LogP contribution in [0.4, 0.5) is 20.4 Å². The summed E-state index contributed by atoms with van der Waals surface area (Å²) in [6, 6.07) is 0.728. The van der Waals surface area contributed by atoms with E-state index in [1.54, 1.807) is 6.92 Å². The first kappa shape index (κ1) is 16.3. The van der Waals surface area contributed by atoms with Crippen molar-refractivity contribution in [3.05, 3.63) is 17.7 Å². The van der Waals surface area contributed by atoms with Crippen LogP contribution in [0.5, 0.6) is 0 Å². The highest BCUT2D eigenvalue weighted by Gasteiger charge is 2.35. The van der Waals surface area contributed by atoms with Crippen molar-refractivity contribution in [2.75, 3.05) is 41.1 Å². The van der Waals surface area contributed by atoms with E-state index in [-0.39, 0.29) is 17.4 Å². The van der Waals surface area contributed by atoms with E-state index < -0.39 is 26.8 Å². The average molecular weight is 337 g/mol. The molecule has 2 rings (SSSR count). The average Bonchev–Trinajstić information content (AvgIpc) is 2.47. The summed E-state index contributed by atoms with van der Waals surface area (Å²) in [7, 11) is -1.91. The number of rotatable bonds is 4. The van der Waals surface area contributed by atoms with Gasteiger partial charge in [0.2, 0.25) is 0 Å². The summed E-state index contributed by atoms with van der Waals surface area (Å²) in [6.07, 6.45) is 0. The highest BCUT2D eigenvalue weighted by molar-refractivity contribution is 8.01. The van der Waals surface area contributed by atoms with Gasteiger partial charge in [0.05, 0.1) is 0 Å². The molecule has 0 aliphatic carbocycles. The van der Waals surface area contributed by atoms with Crippen molar-refractivity contribution in [1.82, 2.24) is 4.98 Å². The molecule has 1 N–H and O–H groups in total. The van der Waals surface area contributed by atoms with Crippen molar-refractivity contribution >= 4 is 33.2 Å². The summed E-state index contributed by atoms with van der Waals surface area (Å²) >= 11 is 1.50. The lowest BCUT2D eigenvalue weighted by atomic mass is 10.3. The van der Waals surface area contributed by atoms with Crippen molar-refractivity contribution in [3.63, 3.8) is 0 Å². The number of hydrogen-bond acceptors (Lipinski definition) is 6. The Balaban J connectivity index is 2.47. The molecule has 9 heteroatoms. The second-order valence-electron chi connectivity index (χ2n) is 4.55. The van der Waals surface area contributed by atoms with Crippen molar-refractivity contribution in [2.45, 2.75) is 12.3 Å². The van der Waals surface area contributed by atoms with Gasteiger partial charge >= 0.3 is 0 Å². The van der Waals surface area contributed by atoms with Gasteiger partial charge in [-0.15, -0.1) is 0 Å². The molecule has 2 heterocycles. The molecule has 0 bridgehead atoms. The van der Waals surface area contributed by atoms with Gasteiger partial charge in [0.1, 0.15) is 5.37 Å². The Morgan fingerprint density at radius 2 is 2.19 bits per heavy atom. The van der Waals surface area contributed by atoms with Gasteiger partial charge in [0.15, 0.2) is 33.1 Å². The Labute approximate surface area is 127 Å². The van der Waals surface area contributed by atoms with Crippen LogP contribution in [0.15, 0.2) is 6.07 Å². The summed E-state index contributed by atoms with van der Waals surface area (Å²) in [5, 5.41) is 1.70. The zero-order valence-corrected chi connectivity index (χ0v) is 13.4. The summed E-state index contributed by atoms with van der Waals surface area (Å²) in [4.78, 5) is 5.32. The first-order chi connectivity index (χ1) is 9.90. The highest BCUT2D eigenvalue weighted by Crippen LogP contribution is 2.29. The first-order valence-corrected chi connectivity index (χ1v) is 9.37. The summed E-state index contributed by atoms with van der Waals surface area (Å²) in [6.45, 7) is 1.91. The molecule has 5 nitrogen and oxygen atoms in total. The van der Waals surface area contributed by atoms with Gasteiger partial charge in [0, 0.05) is 36.9 Å². The molecule has 1 saturated heterocycles. The van der Waals surface area contributed by atoms with Crippen molar-refractivity contribution in [3.8, 4) is 0 Å². The van der Waals surface area contributed by atoms with E-state index in [1.165, 1.54) is 23.7 Å². The number of anilines is 2. The van der Waals surface area contributed by atoms with Crippen LogP contribution in [0.2, 0.25) is 0 Å². The van der Waals surface area contributed by atoms with Gasteiger partial charge in [0.25, 0.3) is 0 Å². The maximum Gasteiger partial charge on any atom is 0.171 e. The lowest BCUT2D eigenvalue weighted by molar-refractivity contribution is 0.559. The number of hydrogen-bond donors (Lipinski definition) is 1. The first-order valence-electron chi connectivity index (χ1n) is 6.50. The molecule has 0 amide bonds. The number of aromatic nitrogens is 1. The Morgan fingerprint density at radius 1 is 1.48 bits per heavy atom. The number of sulfone groups is 1. The van der Waals surface area contributed by atoms with E-state index in [9.17, 15) is 17.2 Å². The second-order valence-corrected chi connectivity index (χ2v) is 8.15. The number of pyridine rings is 1. The Bertz CT molecular complexity index is 625. The predicted octanol–water partition coefficient (Wildman–Crippen LogP) is 1.72. The third-order valence-electron chi connectivity index (χ3n) is 3.32. The van der Waals surface area contributed by atoms with Crippen LogP contribution in [0.25, 0.3) is 0 Å². The third-order valence-corrected chi connectivity index (χ3v) is 6.61. The molecule has 1 atom stereocenters. The quantitative estimate of drug-likeness (QED) is 0.903. The van der Waals surface area contributed by atoms with Gasteiger partial charge in [-0.3, -0.25) is 0 Å². The van der Waals surface area contributed by atoms with E-state index in [4.69, 9.17) is 0 Å². The fourth-order valence-corrected chi connectivity index (χ4v) is 5.12. The maximum atomic E-state index is 14.0. The minimum Gasteiger partial charge on any atom is -0.371 e. The van der Waals surface area contributed by atoms with Gasteiger partial charge < -0.3 is 10.2 Å². The monoisotopic (exact) mass is 337 g/mol. The lowest BCUT2D eigenvalue weighted by Crippen LogP contribution is -2.48. The summed E-state index contributed by atoms with van der Waals surface area (Å²) < 4.78 is 51.9. The molecule has 21 heavy (non-hydrogen) atoms. The molecule has 1 aliphatic rings. The van der Waals surface area contributed by atoms with Gasteiger partial charge in [-0.05, 0) is 0 Å². The molecular weight excluding hydrogens is 320 g/mol. The molecule has 0 spiro atoms. The second kappa shape index (κ2) is 6.35. The maximum absolute atomic E-state index is 14.0. The van der Waals surface area contributed by atoms with Crippen molar-refractivity contribution in [2.24, 2.45) is 0 Å². The molecule has 1 aromatic rings. The Hall–Kier alpha value is -1.09. The minimum atomic E-state index is -3.38. The minimum absolute atomic E-state index is 0.0313. The van der Waals surface area contributed by atoms with E-state index >= 15 is 0 Å². The van der Waals surface area contributed by atoms with Crippen LogP contribution < -0.4 is 10.2 Å². The van der Waals surface area contributed by atoms with E-state index in [0.29, 0.717) is 18.1 Å². The number of nitrogens with one attached hydrogen (secondary N) is 1. The largest absolute Gasteiger partial charge is 0.371 e. The molecule has 1 unspecified atom stereocenters. The molecule has 118 valence electrons. The topological polar surface area (TPSA) is 62.3 Å². The molecule has 0 aromatic carbocycles. The van der Waals surface area contributed by atoms with Crippen LogP contribution in [0.3, 0.4) is 0 Å². The predicted molar refractivity (Wildman–Crippen MR) is 81.6 cm³/mol. The molecule has 1 fully saturated rings. The Kier molecular flexibility index (Phi) is 4.92. The SMILES string of the molecule is CCS(=O)(=O)C1CSCCN1c1nc(NC)c(F)cc1F. The summed E-state index contributed by atoms with van der Waals surface area (Å²) in [5.41, 5.74) is 0. The number of thioether (sulfide) groups is 1. The fourth-order valence-electron chi connectivity index (χ4n) is 2.15. The number of nitrogens with zero attached hydrogens (tertiary/aromatic N) is 2. The summed E-state index contributed by atoms with van der Waals surface area (Å²) in [5.74, 6) is -0.890. The molecular formula is C12H17F2N3O2S2. The van der Waals surface area contributed by atoms with Crippen LogP contribution in [0.1, 0.15) is 6.92 Å². The van der Waals surface area contributed by atoms with Crippen molar-refractivity contribution in [1.29, 1.82) is 0 Å². The number of halogens is 2. The normalized spacial score (nSPS) is 19.6. The van der Waals surface area contributed by atoms with E-state index in [0.717, 1.165) is 6.07 Å². The molecule has 1 aliphatic heterocycles. The fraction of sp³-hybridized carbons (Fsp3) is 0.583. The lowest BCUT2D eigenvalue weighted by Gasteiger charge is -2.35. The van der Waals surface area contributed by atoms with Gasteiger partial charge in [-0.25, -0.2) is 22.2 Å². The molecule has 0 radical (unpaired) electrons. The van der Waals surface area contributed by atoms with Crippen molar-refractivity contribution < 1.29 is 17.2 Å². The standard InChI is InChI=1S/C12H17F2N3O2S2/c1-3-21(18,19)10-7-20-5-4-17(10)12-9(14)6-8(13)11(15-2)16-12/h6,10H,3-5,7H2,1-2H3,(H,15,16). The van der Waals surface area contributed by atoms with Crippen LogP contribution >= 0.6 is 11.8 Å². The molecule has 1 aromatic heterocycles.